The summed E-state index contributed by atoms with van der Waals surface area (Å²) in [6, 6.07) is 15.1. The first-order valence-electron chi connectivity index (χ1n) is 9.47. The van der Waals surface area contributed by atoms with Crippen molar-refractivity contribution >= 4 is 18.0 Å². The number of aryl methyl sites for hydroxylation is 1. The van der Waals surface area contributed by atoms with Crippen molar-refractivity contribution in [3.05, 3.63) is 94.9 Å². The average Bonchev–Trinajstić information content (AvgIpc) is 3.29. The lowest BCUT2D eigenvalue weighted by molar-refractivity contribution is -0.137. The molecule has 0 radical (unpaired) electrons. The van der Waals surface area contributed by atoms with Gasteiger partial charge in [-0.25, -0.2) is 4.79 Å². The number of nitrogens with one attached hydrogen (secondary N) is 1. The maximum absolute atomic E-state index is 13.1. The lowest BCUT2D eigenvalue weighted by atomic mass is 10.1. The van der Waals surface area contributed by atoms with Crippen molar-refractivity contribution in [1.29, 1.82) is 0 Å². The van der Waals surface area contributed by atoms with E-state index < -0.39 is 23.7 Å². The van der Waals surface area contributed by atoms with Gasteiger partial charge in [-0.05, 0) is 48.9 Å². The van der Waals surface area contributed by atoms with Gasteiger partial charge in [0.15, 0.2) is 0 Å². The molecular formula is C23H18F3N3O2. The second kappa shape index (κ2) is 7.79. The molecule has 1 aromatic heterocycles. The molecule has 2 heterocycles. The SMILES string of the molecule is Cc1ccc(CN2C(=O)N/C(=C/c3cccn3-c3cccc(C(F)(F)F)c3)C2=O)cc1. The van der Waals surface area contributed by atoms with Gasteiger partial charge in [0.05, 0.1) is 12.1 Å². The number of hydrogen-bond donors (Lipinski definition) is 1. The summed E-state index contributed by atoms with van der Waals surface area (Å²) in [5.41, 5.74) is 1.91. The van der Waals surface area contributed by atoms with Crippen molar-refractivity contribution < 1.29 is 22.8 Å². The number of carbonyl (C=O) groups excluding carboxylic acids is 2. The first-order chi connectivity index (χ1) is 14.7. The third-order valence-electron chi connectivity index (χ3n) is 4.95. The van der Waals surface area contributed by atoms with Gasteiger partial charge in [-0.3, -0.25) is 9.69 Å². The highest BCUT2D eigenvalue weighted by molar-refractivity contribution is 6.13. The van der Waals surface area contributed by atoms with Gasteiger partial charge >= 0.3 is 12.2 Å². The van der Waals surface area contributed by atoms with E-state index in [0.717, 1.165) is 28.2 Å². The van der Waals surface area contributed by atoms with E-state index in [9.17, 15) is 22.8 Å². The smallest absolute Gasteiger partial charge is 0.317 e. The molecule has 2 aromatic carbocycles. The van der Waals surface area contributed by atoms with E-state index in [1.807, 2.05) is 31.2 Å². The normalized spacial score (nSPS) is 15.6. The molecule has 0 saturated carbocycles. The van der Waals surface area contributed by atoms with Crippen molar-refractivity contribution in [3.63, 3.8) is 0 Å². The van der Waals surface area contributed by atoms with Crippen LogP contribution in [-0.4, -0.2) is 21.4 Å². The van der Waals surface area contributed by atoms with E-state index in [4.69, 9.17) is 0 Å². The largest absolute Gasteiger partial charge is 0.416 e. The number of benzene rings is 2. The second-order valence-electron chi connectivity index (χ2n) is 7.22. The van der Waals surface area contributed by atoms with Crippen LogP contribution in [0, 0.1) is 6.92 Å². The zero-order valence-electron chi connectivity index (χ0n) is 16.5. The Bertz CT molecular complexity index is 1180. The molecule has 4 rings (SSSR count). The predicted molar refractivity (Wildman–Crippen MR) is 109 cm³/mol. The summed E-state index contributed by atoms with van der Waals surface area (Å²) >= 11 is 0. The minimum atomic E-state index is -4.46. The van der Waals surface area contributed by atoms with E-state index in [1.54, 1.807) is 18.3 Å². The summed E-state index contributed by atoms with van der Waals surface area (Å²) in [4.78, 5) is 26.2. The Morgan fingerprint density at radius 1 is 1.00 bits per heavy atom. The predicted octanol–water partition coefficient (Wildman–Crippen LogP) is 4.90. The molecule has 158 valence electrons. The summed E-state index contributed by atoms with van der Waals surface area (Å²) in [5, 5.41) is 2.54. The summed E-state index contributed by atoms with van der Waals surface area (Å²) in [6.07, 6.45) is -1.42. The molecule has 0 aliphatic carbocycles. The molecule has 31 heavy (non-hydrogen) atoms. The number of imide groups is 1. The van der Waals surface area contributed by atoms with Gasteiger partial charge < -0.3 is 9.88 Å². The molecule has 0 bridgehead atoms. The summed E-state index contributed by atoms with van der Waals surface area (Å²) in [7, 11) is 0. The number of rotatable bonds is 4. The van der Waals surface area contributed by atoms with Crippen LogP contribution in [0.5, 0.6) is 0 Å². The highest BCUT2D eigenvalue weighted by atomic mass is 19.4. The topological polar surface area (TPSA) is 54.3 Å². The Kier molecular flexibility index (Phi) is 5.14. The van der Waals surface area contributed by atoms with Gasteiger partial charge in [0, 0.05) is 17.6 Å². The van der Waals surface area contributed by atoms with Gasteiger partial charge in [-0.2, -0.15) is 13.2 Å². The van der Waals surface area contributed by atoms with Crippen LogP contribution in [0.15, 0.2) is 72.6 Å². The van der Waals surface area contributed by atoms with E-state index in [2.05, 4.69) is 5.32 Å². The quantitative estimate of drug-likeness (QED) is 0.478. The molecule has 0 atom stereocenters. The number of carbonyl (C=O) groups is 2. The Hall–Kier alpha value is -3.81. The number of aromatic nitrogens is 1. The van der Waals surface area contributed by atoms with Crippen molar-refractivity contribution in [1.82, 2.24) is 14.8 Å². The first kappa shape index (κ1) is 20.5. The number of urea groups is 1. The summed E-state index contributed by atoms with van der Waals surface area (Å²) in [5.74, 6) is -0.498. The molecule has 1 saturated heterocycles. The molecular weight excluding hydrogens is 407 g/mol. The van der Waals surface area contributed by atoms with Crippen molar-refractivity contribution in [2.75, 3.05) is 0 Å². The highest BCUT2D eigenvalue weighted by Gasteiger charge is 2.34. The lowest BCUT2D eigenvalue weighted by Gasteiger charge is -2.12. The number of alkyl halides is 3. The number of halogens is 3. The fourth-order valence-electron chi connectivity index (χ4n) is 3.32. The third kappa shape index (κ3) is 4.23. The van der Waals surface area contributed by atoms with Gasteiger partial charge in [0.25, 0.3) is 5.91 Å². The molecule has 0 spiro atoms. The molecule has 1 aliphatic heterocycles. The molecule has 1 aliphatic rings. The minimum absolute atomic E-state index is 0.0593. The molecule has 8 heteroatoms. The number of nitrogens with zero attached hydrogens (tertiary/aromatic N) is 2. The Labute approximate surface area is 176 Å². The van der Waals surface area contributed by atoms with Crippen LogP contribution in [0.4, 0.5) is 18.0 Å². The molecule has 1 N–H and O–H groups in total. The van der Waals surface area contributed by atoms with Crippen molar-refractivity contribution in [3.8, 4) is 5.69 Å². The van der Waals surface area contributed by atoms with E-state index in [1.165, 1.54) is 22.8 Å². The Morgan fingerprint density at radius 3 is 2.45 bits per heavy atom. The molecule has 3 aromatic rings. The van der Waals surface area contributed by atoms with Crippen LogP contribution in [0.3, 0.4) is 0 Å². The lowest BCUT2D eigenvalue weighted by Crippen LogP contribution is -2.30. The van der Waals surface area contributed by atoms with Crippen LogP contribution in [-0.2, 0) is 17.5 Å². The first-order valence-corrected chi connectivity index (χ1v) is 9.47. The van der Waals surface area contributed by atoms with Crippen LogP contribution in [0.1, 0.15) is 22.4 Å². The van der Waals surface area contributed by atoms with Crippen LogP contribution in [0.2, 0.25) is 0 Å². The van der Waals surface area contributed by atoms with Gasteiger partial charge in [0.1, 0.15) is 5.70 Å². The average molecular weight is 425 g/mol. The minimum Gasteiger partial charge on any atom is -0.317 e. The summed E-state index contributed by atoms with van der Waals surface area (Å²) in [6.45, 7) is 2.06. The van der Waals surface area contributed by atoms with Crippen LogP contribution < -0.4 is 5.32 Å². The zero-order valence-corrected chi connectivity index (χ0v) is 16.5. The number of amides is 3. The Morgan fingerprint density at radius 2 is 1.74 bits per heavy atom. The van der Waals surface area contributed by atoms with E-state index in [0.29, 0.717) is 11.4 Å². The fraction of sp³-hybridized carbons (Fsp3) is 0.130. The standard InChI is InChI=1S/C23H18F3N3O2/c1-15-7-9-16(10-8-15)14-29-21(30)20(27-22(29)31)13-19-6-3-11-28(19)18-5-2-4-17(12-18)23(24,25)26/h2-13H,14H2,1H3,(H,27,31)/b20-13+. The zero-order chi connectivity index (χ0) is 22.2. The van der Waals surface area contributed by atoms with Gasteiger partial charge in [-0.1, -0.05) is 35.9 Å². The second-order valence-corrected chi connectivity index (χ2v) is 7.22. The van der Waals surface area contributed by atoms with Crippen molar-refractivity contribution in [2.24, 2.45) is 0 Å². The third-order valence-corrected chi connectivity index (χ3v) is 4.95. The highest BCUT2D eigenvalue weighted by Crippen LogP contribution is 2.31. The van der Waals surface area contributed by atoms with E-state index in [-0.39, 0.29) is 12.2 Å². The maximum atomic E-state index is 13.1. The van der Waals surface area contributed by atoms with Gasteiger partial charge in [0.2, 0.25) is 0 Å². The Balaban J connectivity index is 1.61. The fourth-order valence-corrected chi connectivity index (χ4v) is 3.32. The maximum Gasteiger partial charge on any atom is 0.416 e. The molecule has 1 fully saturated rings. The van der Waals surface area contributed by atoms with E-state index >= 15 is 0 Å². The number of hydrogen-bond acceptors (Lipinski definition) is 2. The van der Waals surface area contributed by atoms with Crippen LogP contribution >= 0.6 is 0 Å². The van der Waals surface area contributed by atoms with Gasteiger partial charge in [-0.15, -0.1) is 0 Å². The molecule has 0 unspecified atom stereocenters. The monoisotopic (exact) mass is 425 g/mol. The molecule has 3 amide bonds. The van der Waals surface area contributed by atoms with Crippen molar-refractivity contribution in [2.45, 2.75) is 19.6 Å². The summed E-state index contributed by atoms with van der Waals surface area (Å²) < 4.78 is 40.7. The molecule has 5 nitrogen and oxygen atoms in total. The van der Waals surface area contributed by atoms with Crippen LogP contribution in [0.25, 0.3) is 11.8 Å².